The molecule has 264 valence electrons. The van der Waals surface area contributed by atoms with Crippen LogP contribution in [0.2, 0.25) is 0 Å². The highest BCUT2D eigenvalue weighted by Crippen LogP contribution is 2.71. The molecule has 0 radical (unpaired) electrons. The summed E-state index contributed by atoms with van der Waals surface area (Å²) in [5.41, 5.74) is 9.05. The minimum atomic E-state index is 0.288. The minimum Gasteiger partial charge on any atom is -0.0764 e. The third-order valence-electron chi connectivity index (χ3n) is 19.0. The first-order chi connectivity index (χ1) is 22.3. The molecule has 10 aliphatic rings. The standard InChI is InChI=1S/C48H72/c1-43(2)14-16-45(5,6)40-26-36-34(24-38(40)43)35-25-39-41(46(7,8)17-15-44(39,3)4)27-37(35)42(36)47(9,10)30-12-13-31(23-30)48(11)32-19-28-18-29(21-32)22-33(48)20-28/h24-37,42H,12-23H2,1-11H3/t28?,29?,30?,31-,32?,33?,34-,35+,36?,37?,42?,48?/m1/s1. The van der Waals surface area contributed by atoms with Crippen LogP contribution < -0.4 is 0 Å². The topological polar surface area (TPSA) is 0 Å². The molecule has 7 atom stereocenters. The van der Waals surface area contributed by atoms with Gasteiger partial charge in [-0.05, 0) is 197 Å². The van der Waals surface area contributed by atoms with Crippen LogP contribution in [0.25, 0.3) is 0 Å². The number of hydrogen-bond donors (Lipinski definition) is 0. The smallest absolute Gasteiger partial charge is 0.00921 e. The van der Waals surface area contributed by atoms with E-state index in [1.54, 1.807) is 54.4 Å². The second-order valence-corrected chi connectivity index (χ2v) is 23.4. The van der Waals surface area contributed by atoms with E-state index >= 15 is 0 Å². The molecular formula is C48H72. The Morgan fingerprint density at radius 3 is 1.23 bits per heavy atom. The van der Waals surface area contributed by atoms with Gasteiger partial charge in [-0.3, -0.25) is 0 Å². The highest BCUT2D eigenvalue weighted by Gasteiger charge is 2.62. The zero-order valence-corrected chi connectivity index (χ0v) is 33.1. The monoisotopic (exact) mass is 649 g/mol. The van der Waals surface area contributed by atoms with Crippen LogP contribution in [0.4, 0.5) is 0 Å². The Morgan fingerprint density at radius 2 is 0.833 bits per heavy atom. The Hall–Kier alpha value is -1.04. The van der Waals surface area contributed by atoms with Gasteiger partial charge < -0.3 is 0 Å². The highest BCUT2D eigenvalue weighted by atomic mass is 14.7. The normalized spacial score (nSPS) is 48.8. The highest BCUT2D eigenvalue weighted by molar-refractivity contribution is 5.51. The lowest BCUT2D eigenvalue weighted by molar-refractivity contribution is -0.130. The summed E-state index contributed by atoms with van der Waals surface area (Å²) in [4.78, 5) is 0. The van der Waals surface area contributed by atoms with E-state index in [9.17, 15) is 0 Å². The van der Waals surface area contributed by atoms with Gasteiger partial charge in [0.1, 0.15) is 0 Å². The molecule has 4 bridgehead atoms. The largest absolute Gasteiger partial charge is 0.0764 e. The lowest BCUT2D eigenvalue weighted by atomic mass is 9.42. The van der Waals surface area contributed by atoms with Crippen LogP contribution in [-0.4, -0.2) is 0 Å². The first-order valence-electron chi connectivity index (χ1n) is 21.2. The quantitative estimate of drug-likeness (QED) is 0.286. The number of hydrogen-bond acceptors (Lipinski definition) is 0. The summed E-state index contributed by atoms with van der Waals surface area (Å²) in [6.07, 6.45) is 29.4. The van der Waals surface area contributed by atoms with Crippen LogP contribution >= 0.6 is 0 Å². The molecule has 0 aliphatic heterocycles. The van der Waals surface area contributed by atoms with E-state index in [0.717, 1.165) is 41.4 Å². The van der Waals surface area contributed by atoms with E-state index in [1.165, 1.54) is 44.9 Å². The molecule has 0 amide bonds. The summed E-state index contributed by atoms with van der Waals surface area (Å²) < 4.78 is 0. The van der Waals surface area contributed by atoms with Crippen molar-refractivity contribution in [3.63, 3.8) is 0 Å². The van der Waals surface area contributed by atoms with Crippen LogP contribution in [0.3, 0.4) is 0 Å². The maximum absolute atomic E-state index is 2.95. The van der Waals surface area contributed by atoms with Crippen molar-refractivity contribution in [2.24, 2.45) is 97.6 Å². The van der Waals surface area contributed by atoms with Gasteiger partial charge >= 0.3 is 0 Å². The first-order valence-corrected chi connectivity index (χ1v) is 21.2. The van der Waals surface area contributed by atoms with Crippen LogP contribution in [0.15, 0.2) is 46.6 Å². The van der Waals surface area contributed by atoms with Crippen molar-refractivity contribution in [1.82, 2.24) is 0 Å². The fraction of sp³-hybridized carbons (Fsp3) is 0.833. The van der Waals surface area contributed by atoms with Gasteiger partial charge in [0.25, 0.3) is 0 Å². The van der Waals surface area contributed by atoms with E-state index in [0.29, 0.717) is 34.5 Å². The second-order valence-electron chi connectivity index (χ2n) is 23.4. The Balaban J connectivity index is 1.12. The SMILES string of the molecule is CC1(C)CCC(C)(C)C2=C[C@@H]3C(C=C21)C(C(C)(C)C1CC[C@@H](C2(C)C4CC5CC(C4)CC2C5)C1)C1C=C2C(=C[C@@H]13)C(C)(C)CCC2(C)C. The molecule has 0 aromatic rings. The fourth-order valence-electron chi connectivity index (χ4n) is 15.8. The number of allylic oxidation sites excluding steroid dienone is 8. The molecule has 10 rings (SSSR count). The molecule has 0 aromatic carbocycles. The predicted molar refractivity (Wildman–Crippen MR) is 203 cm³/mol. The number of fused-ring (bicyclic) bond motifs is 5. The van der Waals surface area contributed by atoms with E-state index in [4.69, 9.17) is 0 Å². The summed E-state index contributed by atoms with van der Waals surface area (Å²) in [7, 11) is 0. The van der Waals surface area contributed by atoms with Crippen LogP contribution in [0, 0.1) is 97.6 Å². The van der Waals surface area contributed by atoms with Crippen molar-refractivity contribution in [3.05, 3.63) is 46.6 Å². The van der Waals surface area contributed by atoms with E-state index in [1.807, 2.05) is 0 Å². The van der Waals surface area contributed by atoms with Crippen molar-refractivity contribution in [2.45, 2.75) is 153 Å². The van der Waals surface area contributed by atoms with Crippen molar-refractivity contribution < 1.29 is 0 Å². The fourth-order valence-corrected chi connectivity index (χ4v) is 15.8. The molecule has 48 heavy (non-hydrogen) atoms. The first kappa shape index (κ1) is 32.8. The molecule has 0 heterocycles. The van der Waals surface area contributed by atoms with Crippen molar-refractivity contribution >= 4 is 0 Å². The molecule has 8 saturated carbocycles. The minimum absolute atomic E-state index is 0.288. The van der Waals surface area contributed by atoms with E-state index in [-0.39, 0.29) is 21.7 Å². The number of rotatable bonds is 3. The molecule has 8 fully saturated rings. The Morgan fingerprint density at radius 1 is 0.458 bits per heavy atom. The molecule has 0 aromatic heterocycles. The molecule has 0 heteroatoms. The van der Waals surface area contributed by atoms with Gasteiger partial charge in [-0.15, -0.1) is 0 Å². The third-order valence-corrected chi connectivity index (χ3v) is 19.0. The molecule has 10 aliphatic carbocycles. The van der Waals surface area contributed by atoms with Crippen LogP contribution in [0.5, 0.6) is 0 Å². The molecular weight excluding hydrogens is 577 g/mol. The summed E-state index contributed by atoms with van der Waals surface area (Å²) in [6, 6.07) is 0. The van der Waals surface area contributed by atoms with Gasteiger partial charge in [-0.25, -0.2) is 0 Å². The molecule has 0 saturated heterocycles. The summed E-state index contributed by atoms with van der Waals surface area (Å²) >= 11 is 0. The Bertz CT molecular complexity index is 1390. The zero-order valence-electron chi connectivity index (χ0n) is 33.1. The molecule has 0 N–H and O–H groups in total. The van der Waals surface area contributed by atoms with E-state index < -0.39 is 0 Å². The van der Waals surface area contributed by atoms with Crippen molar-refractivity contribution in [1.29, 1.82) is 0 Å². The van der Waals surface area contributed by atoms with Gasteiger partial charge in [0.2, 0.25) is 0 Å². The molecule has 0 spiro atoms. The summed E-state index contributed by atoms with van der Waals surface area (Å²) in [5, 5.41) is 0. The van der Waals surface area contributed by atoms with Gasteiger partial charge in [-0.1, -0.05) is 100 Å². The lowest BCUT2D eigenvalue weighted by Gasteiger charge is -2.62. The predicted octanol–water partition coefficient (Wildman–Crippen LogP) is 13.4. The van der Waals surface area contributed by atoms with Gasteiger partial charge in [0, 0.05) is 0 Å². The molecule has 4 unspecified atom stereocenters. The second kappa shape index (κ2) is 10.1. The van der Waals surface area contributed by atoms with Crippen LogP contribution in [0.1, 0.15) is 153 Å². The van der Waals surface area contributed by atoms with Gasteiger partial charge in [-0.2, -0.15) is 0 Å². The van der Waals surface area contributed by atoms with Gasteiger partial charge in [0.15, 0.2) is 0 Å². The van der Waals surface area contributed by atoms with Crippen molar-refractivity contribution in [3.8, 4) is 0 Å². The molecule has 0 nitrogen and oxygen atoms in total. The summed E-state index contributed by atoms with van der Waals surface area (Å²) in [6.45, 7) is 28.9. The zero-order chi connectivity index (χ0) is 34.0. The maximum atomic E-state index is 2.95. The van der Waals surface area contributed by atoms with Crippen LogP contribution in [-0.2, 0) is 0 Å². The van der Waals surface area contributed by atoms with Gasteiger partial charge in [0.05, 0.1) is 0 Å². The van der Waals surface area contributed by atoms with E-state index in [2.05, 4.69) is 100 Å². The summed E-state index contributed by atoms with van der Waals surface area (Å²) in [5.74, 6) is 9.41. The van der Waals surface area contributed by atoms with Crippen molar-refractivity contribution in [2.75, 3.05) is 0 Å². The Labute approximate surface area is 296 Å². The maximum Gasteiger partial charge on any atom is -0.00921 e. The Kier molecular flexibility index (Phi) is 6.90. The average Bonchev–Trinajstić information content (AvgIpc) is 3.64. The average molecular weight is 649 g/mol. The lowest BCUT2D eigenvalue weighted by Crippen LogP contribution is -2.54. The third kappa shape index (κ3) is 4.44.